The summed E-state index contributed by atoms with van der Waals surface area (Å²) in [6.45, 7) is 1.41. The Morgan fingerprint density at radius 1 is 1.73 bits per heavy atom. The van der Waals surface area contributed by atoms with Crippen LogP contribution in [0.25, 0.3) is 0 Å². The Kier molecular flexibility index (Phi) is 3.74. The van der Waals surface area contributed by atoms with Gasteiger partial charge in [0.2, 0.25) is 0 Å². The molecule has 2 atom stereocenters. The highest BCUT2D eigenvalue weighted by Crippen LogP contribution is 2.16. The quantitative estimate of drug-likeness (QED) is 0.782. The predicted molar refractivity (Wildman–Crippen MR) is 53.1 cm³/mol. The number of halogens is 1. The zero-order valence-electron chi connectivity index (χ0n) is 8.35. The highest BCUT2D eigenvalue weighted by molar-refractivity contribution is 5.73. The summed E-state index contributed by atoms with van der Waals surface area (Å²) in [6, 6.07) is 2.09. The molecular formula is C10H13FN2O2. The van der Waals surface area contributed by atoms with Crippen molar-refractivity contribution in [1.82, 2.24) is 4.98 Å². The number of nitrogens with zero attached hydrogens (tertiary/aromatic N) is 1. The summed E-state index contributed by atoms with van der Waals surface area (Å²) in [6.07, 6.45) is 0.471. The second-order valence-electron chi connectivity index (χ2n) is 3.35. The average Bonchev–Trinajstić information content (AvgIpc) is 2.18. The first kappa shape index (κ1) is 11.6. The van der Waals surface area contributed by atoms with Crippen LogP contribution in [0.5, 0.6) is 0 Å². The predicted octanol–water partition coefficient (Wildman–Crippen LogP) is 1.07. The van der Waals surface area contributed by atoms with Gasteiger partial charge in [0.15, 0.2) is 0 Å². The van der Waals surface area contributed by atoms with E-state index in [1.54, 1.807) is 6.07 Å². The molecule has 0 fully saturated rings. The van der Waals surface area contributed by atoms with E-state index in [9.17, 15) is 9.18 Å². The van der Waals surface area contributed by atoms with E-state index in [0.29, 0.717) is 11.3 Å². The zero-order valence-corrected chi connectivity index (χ0v) is 8.35. The number of nitrogens with two attached hydrogens (primary N) is 1. The Morgan fingerprint density at radius 3 is 2.93 bits per heavy atom. The van der Waals surface area contributed by atoms with E-state index in [0.717, 1.165) is 0 Å². The Morgan fingerprint density at radius 2 is 2.40 bits per heavy atom. The zero-order chi connectivity index (χ0) is 11.4. The van der Waals surface area contributed by atoms with Crippen LogP contribution < -0.4 is 5.73 Å². The fraction of sp³-hybridized carbons (Fsp3) is 0.400. The van der Waals surface area contributed by atoms with Crippen LogP contribution in [-0.4, -0.2) is 22.1 Å². The number of carboxylic acid groups (broad SMARTS) is 1. The monoisotopic (exact) mass is 212 g/mol. The molecule has 0 radical (unpaired) electrons. The molecule has 0 aromatic carbocycles. The van der Waals surface area contributed by atoms with Gasteiger partial charge < -0.3 is 10.8 Å². The summed E-state index contributed by atoms with van der Waals surface area (Å²) in [7, 11) is 0. The molecule has 0 spiro atoms. The molecule has 0 bridgehead atoms. The molecule has 2 unspecified atom stereocenters. The lowest BCUT2D eigenvalue weighted by Crippen LogP contribution is -2.32. The molecular weight excluding hydrogens is 199 g/mol. The smallest absolute Gasteiger partial charge is 0.320 e. The normalized spacial score (nSPS) is 14.6. The molecule has 1 aromatic rings. The van der Waals surface area contributed by atoms with E-state index in [4.69, 9.17) is 10.8 Å². The van der Waals surface area contributed by atoms with E-state index >= 15 is 0 Å². The number of aliphatic carboxylic acids is 1. The SMILES string of the molecule is CC(F)c1ccnc(CC(N)C(=O)O)c1. The average molecular weight is 212 g/mol. The molecule has 15 heavy (non-hydrogen) atoms. The van der Waals surface area contributed by atoms with Crippen molar-refractivity contribution in [2.24, 2.45) is 5.73 Å². The molecule has 1 aromatic heterocycles. The molecule has 4 nitrogen and oxygen atoms in total. The van der Waals surface area contributed by atoms with Crippen LogP contribution in [0, 0.1) is 0 Å². The van der Waals surface area contributed by atoms with Gasteiger partial charge in [-0.15, -0.1) is 0 Å². The lowest BCUT2D eigenvalue weighted by atomic mass is 10.1. The van der Waals surface area contributed by atoms with E-state index < -0.39 is 18.2 Å². The van der Waals surface area contributed by atoms with Crippen molar-refractivity contribution in [2.75, 3.05) is 0 Å². The molecule has 5 heteroatoms. The Hall–Kier alpha value is -1.49. The summed E-state index contributed by atoms with van der Waals surface area (Å²) < 4.78 is 12.9. The molecule has 0 aliphatic carbocycles. The third-order valence-corrected chi connectivity index (χ3v) is 2.05. The second kappa shape index (κ2) is 4.84. The molecule has 82 valence electrons. The van der Waals surface area contributed by atoms with Gasteiger partial charge in [-0.05, 0) is 24.6 Å². The number of carbonyl (C=O) groups is 1. The number of hydrogen-bond acceptors (Lipinski definition) is 3. The van der Waals surface area contributed by atoms with Crippen LogP contribution >= 0.6 is 0 Å². The summed E-state index contributed by atoms with van der Waals surface area (Å²) in [5, 5.41) is 8.59. The van der Waals surface area contributed by atoms with Gasteiger partial charge in [0.25, 0.3) is 0 Å². The van der Waals surface area contributed by atoms with Gasteiger partial charge in [-0.2, -0.15) is 0 Å². The van der Waals surface area contributed by atoms with Crippen molar-refractivity contribution < 1.29 is 14.3 Å². The van der Waals surface area contributed by atoms with Crippen molar-refractivity contribution in [3.63, 3.8) is 0 Å². The first-order valence-electron chi connectivity index (χ1n) is 4.58. The minimum Gasteiger partial charge on any atom is -0.480 e. The Labute approximate surface area is 86.9 Å². The van der Waals surface area contributed by atoms with Crippen LogP contribution in [0.3, 0.4) is 0 Å². The highest BCUT2D eigenvalue weighted by atomic mass is 19.1. The van der Waals surface area contributed by atoms with Crippen LogP contribution in [0.4, 0.5) is 4.39 Å². The minimum atomic E-state index is -1.09. The molecule has 1 rings (SSSR count). The maximum absolute atomic E-state index is 12.9. The van der Waals surface area contributed by atoms with Crippen LogP contribution in [0.1, 0.15) is 24.4 Å². The molecule has 3 N–H and O–H groups in total. The van der Waals surface area contributed by atoms with Crippen LogP contribution in [0.2, 0.25) is 0 Å². The van der Waals surface area contributed by atoms with E-state index in [1.807, 2.05) is 0 Å². The third-order valence-electron chi connectivity index (χ3n) is 2.05. The maximum atomic E-state index is 12.9. The first-order chi connectivity index (χ1) is 7.00. The fourth-order valence-corrected chi connectivity index (χ4v) is 1.17. The molecule has 0 amide bonds. The van der Waals surface area contributed by atoms with Gasteiger partial charge in [0.1, 0.15) is 12.2 Å². The molecule has 0 saturated carbocycles. The standard InChI is InChI=1S/C10H13FN2O2/c1-6(11)7-2-3-13-8(4-7)5-9(12)10(14)15/h2-4,6,9H,5,12H2,1H3,(H,14,15). The van der Waals surface area contributed by atoms with E-state index in [1.165, 1.54) is 19.2 Å². The van der Waals surface area contributed by atoms with Crippen molar-refractivity contribution in [1.29, 1.82) is 0 Å². The first-order valence-corrected chi connectivity index (χ1v) is 4.58. The molecule has 0 aliphatic rings. The summed E-state index contributed by atoms with van der Waals surface area (Å²) in [5.74, 6) is -1.09. The highest BCUT2D eigenvalue weighted by Gasteiger charge is 2.13. The van der Waals surface area contributed by atoms with Gasteiger partial charge in [0.05, 0.1) is 0 Å². The fourth-order valence-electron chi connectivity index (χ4n) is 1.17. The molecule has 0 saturated heterocycles. The van der Waals surface area contributed by atoms with E-state index in [2.05, 4.69) is 4.98 Å². The summed E-state index contributed by atoms with van der Waals surface area (Å²) in [5.41, 5.74) is 6.32. The van der Waals surface area contributed by atoms with Crippen LogP contribution in [0.15, 0.2) is 18.3 Å². The number of rotatable bonds is 4. The Balaban J connectivity index is 2.78. The topological polar surface area (TPSA) is 76.2 Å². The lowest BCUT2D eigenvalue weighted by molar-refractivity contribution is -0.138. The van der Waals surface area contributed by atoms with Crippen molar-refractivity contribution in [3.8, 4) is 0 Å². The number of alkyl halides is 1. The van der Waals surface area contributed by atoms with E-state index in [-0.39, 0.29) is 6.42 Å². The molecule has 1 heterocycles. The van der Waals surface area contributed by atoms with Gasteiger partial charge in [0, 0.05) is 18.3 Å². The van der Waals surface area contributed by atoms with Gasteiger partial charge in [-0.1, -0.05) is 0 Å². The van der Waals surface area contributed by atoms with Crippen molar-refractivity contribution in [2.45, 2.75) is 25.6 Å². The van der Waals surface area contributed by atoms with Crippen molar-refractivity contribution in [3.05, 3.63) is 29.6 Å². The molecule has 0 aliphatic heterocycles. The lowest BCUT2D eigenvalue weighted by Gasteiger charge is -2.07. The number of hydrogen-bond donors (Lipinski definition) is 2. The van der Waals surface area contributed by atoms with Crippen molar-refractivity contribution >= 4 is 5.97 Å². The number of aromatic nitrogens is 1. The number of carboxylic acids is 1. The van der Waals surface area contributed by atoms with Gasteiger partial charge >= 0.3 is 5.97 Å². The second-order valence-corrected chi connectivity index (χ2v) is 3.35. The summed E-state index contributed by atoms with van der Waals surface area (Å²) in [4.78, 5) is 14.4. The summed E-state index contributed by atoms with van der Waals surface area (Å²) >= 11 is 0. The third kappa shape index (κ3) is 3.28. The van der Waals surface area contributed by atoms with Gasteiger partial charge in [-0.3, -0.25) is 9.78 Å². The Bertz CT molecular complexity index is 355. The minimum absolute atomic E-state index is 0.107. The van der Waals surface area contributed by atoms with Gasteiger partial charge in [-0.25, -0.2) is 4.39 Å². The maximum Gasteiger partial charge on any atom is 0.320 e. The number of pyridine rings is 1. The largest absolute Gasteiger partial charge is 0.480 e. The van der Waals surface area contributed by atoms with Crippen LogP contribution in [-0.2, 0) is 11.2 Å².